The van der Waals surface area contributed by atoms with Gasteiger partial charge in [0.15, 0.2) is 6.29 Å². The molecule has 0 spiro atoms. The van der Waals surface area contributed by atoms with Gasteiger partial charge in [-0.25, -0.2) is 4.98 Å². The first kappa shape index (κ1) is 11.3. The third-order valence-electron chi connectivity index (χ3n) is 2.95. The molecule has 0 atom stereocenters. The molecule has 0 aliphatic carbocycles. The number of halogens is 1. The number of carbonyl (C=O) groups excluding carboxylic acids is 1. The minimum absolute atomic E-state index is 0.426. The Labute approximate surface area is 109 Å². The molecule has 1 aliphatic rings. The highest BCUT2D eigenvalue weighted by Crippen LogP contribution is 2.33. The average Bonchev–Trinajstić information content (AvgIpc) is 2.97. The van der Waals surface area contributed by atoms with Gasteiger partial charge in [0.2, 0.25) is 0 Å². The summed E-state index contributed by atoms with van der Waals surface area (Å²) in [4.78, 5) is 14.6. The van der Waals surface area contributed by atoms with Gasteiger partial charge in [-0.3, -0.25) is 4.79 Å². The molecule has 5 heteroatoms. The molecule has 92 valence electrons. The Morgan fingerprint density at radius 2 is 2.39 bits per heavy atom. The van der Waals surface area contributed by atoms with Crippen molar-refractivity contribution in [2.75, 3.05) is 6.61 Å². The quantitative estimate of drug-likeness (QED) is 0.798. The molecule has 0 radical (unpaired) electrons. The van der Waals surface area contributed by atoms with E-state index in [2.05, 4.69) is 4.98 Å². The van der Waals surface area contributed by atoms with E-state index in [0.717, 1.165) is 29.6 Å². The first-order chi connectivity index (χ1) is 8.76. The normalized spacial score (nSPS) is 13.2. The zero-order chi connectivity index (χ0) is 12.5. The minimum Gasteiger partial charge on any atom is -0.493 e. The van der Waals surface area contributed by atoms with Crippen LogP contribution in [-0.4, -0.2) is 22.4 Å². The van der Waals surface area contributed by atoms with Crippen LogP contribution in [0.3, 0.4) is 0 Å². The fraction of sp³-hybridized carbons (Fsp3) is 0.231. The van der Waals surface area contributed by atoms with Gasteiger partial charge < -0.3 is 9.30 Å². The van der Waals surface area contributed by atoms with Gasteiger partial charge in [0.25, 0.3) is 0 Å². The van der Waals surface area contributed by atoms with Crippen molar-refractivity contribution in [3.8, 4) is 5.75 Å². The third kappa shape index (κ3) is 1.99. The molecule has 0 amide bonds. The first-order valence-electron chi connectivity index (χ1n) is 5.67. The van der Waals surface area contributed by atoms with E-state index in [4.69, 9.17) is 16.3 Å². The molecule has 2 aromatic rings. The van der Waals surface area contributed by atoms with E-state index >= 15 is 0 Å². The van der Waals surface area contributed by atoms with E-state index in [1.807, 2.05) is 16.7 Å². The van der Waals surface area contributed by atoms with Gasteiger partial charge in [-0.1, -0.05) is 11.6 Å². The largest absolute Gasteiger partial charge is 0.493 e. The summed E-state index contributed by atoms with van der Waals surface area (Å²) in [7, 11) is 0. The van der Waals surface area contributed by atoms with Crippen LogP contribution in [0.4, 0.5) is 0 Å². The highest BCUT2D eigenvalue weighted by atomic mass is 35.5. The summed E-state index contributed by atoms with van der Waals surface area (Å²) in [6, 6.07) is 3.84. The van der Waals surface area contributed by atoms with Gasteiger partial charge in [-0.15, -0.1) is 0 Å². The summed E-state index contributed by atoms with van der Waals surface area (Å²) in [6.45, 7) is 1.30. The Morgan fingerprint density at radius 3 is 3.17 bits per heavy atom. The van der Waals surface area contributed by atoms with Crippen LogP contribution in [-0.2, 0) is 13.0 Å². The summed E-state index contributed by atoms with van der Waals surface area (Å²) >= 11 is 6.09. The Kier molecular flexibility index (Phi) is 2.80. The number of fused-ring (bicyclic) bond motifs is 1. The van der Waals surface area contributed by atoms with E-state index < -0.39 is 0 Å². The molecular weight excluding hydrogens is 252 g/mol. The molecule has 0 bridgehead atoms. The van der Waals surface area contributed by atoms with Crippen molar-refractivity contribution in [3.63, 3.8) is 0 Å². The molecule has 0 unspecified atom stereocenters. The van der Waals surface area contributed by atoms with Gasteiger partial charge in [-0.2, -0.15) is 0 Å². The number of hydrogen-bond acceptors (Lipinski definition) is 3. The molecule has 3 rings (SSSR count). The summed E-state index contributed by atoms with van der Waals surface area (Å²) < 4.78 is 7.47. The van der Waals surface area contributed by atoms with Crippen LogP contribution in [0.2, 0.25) is 5.02 Å². The molecule has 2 heterocycles. The number of benzene rings is 1. The Morgan fingerprint density at radius 1 is 1.50 bits per heavy atom. The van der Waals surface area contributed by atoms with Crippen LogP contribution in [0, 0.1) is 0 Å². The fourth-order valence-electron chi connectivity index (χ4n) is 2.18. The maximum Gasteiger partial charge on any atom is 0.169 e. The number of imidazole rings is 1. The molecule has 0 saturated carbocycles. The molecule has 0 fully saturated rings. The summed E-state index contributed by atoms with van der Waals surface area (Å²) in [5.41, 5.74) is 2.59. The first-order valence-corrected chi connectivity index (χ1v) is 6.05. The number of aromatic nitrogens is 2. The van der Waals surface area contributed by atoms with Gasteiger partial charge in [-0.05, 0) is 17.7 Å². The van der Waals surface area contributed by atoms with E-state index in [-0.39, 0.29) is 0 Å². The van der Waals surface area contributed by atoms with Crippen LogP contribution in [0.15, 0.2) is 24.7 Å². The van der Waals surface area contributed by atoms with Crippen molar-refractivity contribution in [2.45, 2.75) is 13.0 Å². The lowest BCUT2D eigenvalue weighted by molar-refractivity contribution is 0.111. The van der Waals surface area contributed by atoms with Crippen molar-refractivity contribution < 1.29 is 9.53 Å². The van der Waals surface area contributed by atoms with Crippen LogP contribution in [0.25, 0.3) is 0 Å². The second-order valence-corrected chi connectivity index (χ2v) is 4.68. The molecule has 4 nitrogen and oxygen atoms in total. The van der Waals surface area contributed by atoms with Crippen LogP contribution < -0.4 is 4.74 Å². The van der Waals surface area contributed by atoms with Crippen LogP contribution in [0.1, 0.15) is 21.6 Å². The summed E-state index contributed by atoms with van der Waals surface area (Å²) in [5.74, 6) is 0.917. The number of rotatable bonds is 3. The standard InChI is InChI=1S/C13H11ClN2O2/c14-11-3-9-1-2-18-13(9)10(4-11)5-16-6-12(7-17)15-8-16/h3-4,6-8H,1-2,5H2. The molecule has 18 heavy (non-hydrogen) atoms. The molecule has 0 saturated heterocycles. The van der Waals surface area contributed by atoms with Crippen molar-refractivity contribution in [3.05, 3.63) is 46.5 Å². The van der Waals surface area contributed by atoms with Crippen LogP contribution in [0.5, 0.6) is 5.75 Å². The molecule has 0 N–H and O–H groups in total. The summed E-state index contributed by atoms with van der Waals surface area (Å²) in [6.07, 6.45) is 4.96. The van der Waals surface area contributed by atoms with Crippen molar-refractivity contribution in [2.24, 2.45) is 0 Å². The predicted octanol–water partition coefficient (Wildman–Crippen LogP) is 2.33. The highest BCUT2D eigenvalue weighted by molar-refractivity contribution is 6.30. The van der Waals surface area contributed by atoms with Gasteiger partial charge in [0, 0.05) is 23.2 Å². The van der Waals surface area contributed by atoms with Crippen molar-refractivity contribution >= 4 is 17.9 Å². The number of ether oxygens (including phenoxy) is 1. The maximum absolute atomic E-state index is 10.6. The van der Waals surface area contributed by atoms with Gasteiger partial charge in [0.05, 0.1) is 19.5 Å². The number of carbonyl (C=O) groups is 1. The second-order valence-electron chi connectivity index (χ2n) is 4.24. The van der Waals surface area contributed by atoms with Gasteiger partial charge >= 0.3 is 0 Å². The van der Waals surface area contributed by atoms with Crippen molar-refractivity contribution in [1.29, 1.82) is 0 Å². The molecular formula is C13H11ClN2O2. The van der Waals surface area contributed by atoms with E-state index in [1.165, 1.54) is 0 Å². The third-order valence-corrected chi connectivity index (χ3v) is 3.17. The highest BCUT2D eigenvalue weighted by Gasteiger charge is 2.17. The lowest BCUT2D eigenvalue weighted by atomic mass is 10.1. The van der Waals surface area contributed by atoms with E-state index in [1.54, 1.807) is 12.5 Å². The number of hydrogen-bond donors (Lipinski definition) is 0. The van der Waals surface area contributed by atoms with E-state index in [9.17, 15) is 4.79 Å². The predicted molar refractivity (Wildman–Crippen MR) is 67.4 cm³/mol. The smallest absolute Gasteiger partial charge is 0.169 e. The number of nitrogens with zero attached hydrogens (tertiary/aromatic N) is 2. The zero-order valence-electron chi connectivity index (χ0n) is 9.60. The topological polar surface area (TPSA) is 44.1 Å². The zero-order valence-corrected chi connectivity index (χ0v) is 10.4. The lowest BCUT2D eigenvalue weighted by Gasteiger charge is -2.09. The van der Waals surface area contributed by atoms with Crippen molar-refractivity contribution in [1.82, 2.24) is 9.55 Å². The van der Waals surface area contributed by atoms with Crippen LogP contribution >= 0.6 is 11.6 Å². The molecule has 1 aliphatic heterocycles. The molecule has 1 aromatic carbocycles. The van der Waals surface area contributed by atoms with E-state index in [0.29, 0.717) is 23.9 Å². The fourth-order valence-corrected chi connectivity index (χ4v) is 2.45. The second kappa shape index (κ2) is 4.46. The molecule has 1 aromatic heterocycles. The number of aldehydes is 1. The lowest BCUT2D eigenvalue weighted by Crippen LogP contribution is -1.99. The maximum atomic E-state index is 10.6. The minimum atomic E-state index is 0.426. The SMILES string of the molecule is O=Cc1cn(Cc2cc(Cl)cc3c2OCC3)cn1. The Bertz CT molecular complexity index is 607. The average molecular weight is 263 g/mol. The van der Waals surface area contributed by atoms with Gasteiger partial charge in [0.1, 0.15) is 11.4 Å². The Balaban J connectivity index is 1.95. The Hall–Kier alpha value is -1.81. The monoisotopic (exact) mass is 262 g/mol. The summed E-state index contributed by atoms with van der Waals surface area (Å²) in [5, 5.41) is 0.713.